The van der Waals surface area contributed by atoms with E-state index in [-0.39, 0.29) is 6.04 Å². The Hall–Kier alpha value is -2.00. The maximum atomic E-state index is 6.23. The zero-order chi connectivity index (χ0) is 13.7. The largest absolute Gasteiger partial charge is 0.497 e. The fourth-order valence-corrected chi connectivity index (χ4v) is 2.01. The Morgan fingerprint density at radius 2 is 1.63 bits per heavy atom. The molecule has 2 N–H and O–H groups in total. The third-order valence-electron chi connectivity index (χ3n) is 3.14. The van der Waals surface area contributed by atoms with Crippen molar-refractivity contribution in [3.63, 3.8) is 0 Å². The van der Waals surface area contributed by atoms with Gasteiger partial charge in [0.2, 0.25) is 0 Å². The van der Waals surface area contributed by atoms with Crippen molar-refractivity contribution in [2.24, 2.45) is 5.73 Å². The van der Waals surface area contributed by atoms with E-state index >= 15 is 0 Å². The van der Waals surface area contributed by atoms with Gasteiger partial charge in [-0.25, -0.2) is 0 Å². The van der Waals surface area contributed by atoms with Crippen molar-refractivity contribution in [1.82, 2.24) is 0 Å². The van der Waals surface area contributed by atoms with Gasteiger partial charge in [0.1, 0.15) is 11.5 Å². The van der Waals surface area contributed by atoms with Crippen LogP contribution in [-0.2, 0) is 6.42 Å². The minimum absolute atomic E-state index is 0.0384. The first-order valence-electron chi connectivity index (χ1n) is 6.25. The van der Waals surface area contributed by atoms with Gasteiger partial charge in [0, 0.05) is 6.04 Å². The number of ether oxygens (including phenoxy) is 2. The molecular formula is C16H19NO2. The Bertz CT molecular complexity index is 523. The Kier molecular flexibility index (Phi) is 4.42. The molecule has 100 valence electrons. The van der Waals surface area contributed by atoms with Crippen LogP contribution in [0.1, 0.15) is 17.2 Å². The van der Waals surface area contributed by atoms with Gasteiger partial charge in [-0.05, 0) is 41.8 Å². The predicted octanol–water partition coefficient (Wildman–Crippen LogP) is 2.95. The molecule has 2 aromatic rings. The second-order valence-corrected chi connectivity index (χ2v) is 4.44. The number of hydrogen-bond donors (Lipinski definition) is 1. The molecule has 0 saturated carbocycles. The zero-order valence-corrected chi connectivity index (χ0v) is 11.3. The minimum Gasteiger partial charge on any atom is -0.497 e. The van der Waals surface area contributed by atoms with Crippen molar-refractivity contribution in [3.05, 3.63) is 59.7 Å². The highest BCUT2D eigenvalue weighted by atomic mass is 16.5. The molecular weight excluding hydrogens is 238 g/mol. The normalized spacial score (nSPS) is 11.9. The highest BCUT2D eigenvalue weighted by molar-refractivity contribution is 5.33. The molecule has 0 saturated heterocycles. The summed E-state index contributed by atoms with van der Waals surface area (Å²) in [6.45, 7) is 0. The van der Waals surface area contributed by atoms with Gasteiger partial charge in [-0.3, -0.25) is 0 Å². The van der Waals surface area contributed by atoms with Crippen molar-refractivity contribution in [2.45, 2.75) is 12.5 Å². The molecule has 0 unspecified atom stereocenters. The van der Waals surface area contributed by atoms with Crippen LogP contribution in [0, 0.1) is 0 Å². The van der Waals surface area contributed by atoms with Crippen LogP contribution >= 0.6 is 0 Å². The van der Waals surface area contributed by atoms with Gasteiger partial charge < -0.3 is 15.2 Å². The molecule has 1 atom stereocenters. The average Bonchev–Trinajstić information content (AvgIpc) is 2.48. The number of rotatable bonds is 5. The van der Waals surface area contributed by atoms with Gasteiger partial charge in [0.15, 0.2) is 0 Å². The van der Waals surface area contributed by atoms with Gasteiger partial charge in [-0.1, -0.05) is 24.3 Å². The summed E-state index contributed by atoms with van der Waals surface area (Å²) in [6.07, 6.45) is 0.789. The van der Waals surface area contributed by atoms with Crippen molar-refractivity contribution in [2.75, 3.05) is 14.2 Å². The molecule has 0 aromatic heterocycles. The maximum absolute atomic E-state index is 6.23. The summed E-state index contributed by atoms with van der Waals surface area (Å²) < 4.78 is 10.4. The molecule has 0 aliphatic carbocycles. The van der Waals surface area contributed by atoms with E-state index in [0.29, 0.717) is 0 Å². The first kappa shape index (κ1) is 13.4. The molecule has 3 nitrogen and oxygen atoms in total. The van der Waals surface area contributed by atoms with E-state index in [1.165, 1.54) is 5.56 Å². The molecule has 0 spiro atoms. The molecule has 0 radical (unpaired) electrons. The molecule has 0 aliphatic rings. The van der Waals surface area contributed by atoms with Gasteiger partial charge in [-0.2, -0.15) is 0 Å². The molecule has 0 heterocycles. The van der Waals surface area contributed by atoms with Crippen molar-refractivity contribution >= 4 is 0 Å². The lowest BCUT2D eigenvalue weighted by Crippen LogP contribution is -2.13. The topological polar surface area (TPSA) is 44.5 Å². The molecule has 0 fully saturated rings. The van der Waals surface area contributed by atoms with E-state index in [9.17, 15) is 0 Å². The van der Waals surface area contributed by atoms with Crippen molar-refractivity contribution in [1.29, 1.82) is 0 Å². The lowest BCUT2D eigenvalue weighted by atomic mass is 9.99. The molecule has 0 bridgehead atoms. The molecule has 2 aromatic carbocycles. The van der Waals surface area contributed by atoms with Crippen LogP contribution in [0.4, 0.5) is 0 Å². The quantitative estimate of drug-likeness (QED) is 0.895. The number of benzene rings is 2. The van der Waals surface area contributed by atoms with E-state index < -0.39 is 0 Å². The number of nitrogens with two attached hydrogens (primary N) is 1. The zero-order valence-electron chi connectivity index (χ0n) is 11.3. The van der Waals surface area contributed by atoms with Crippen LogP contribution in [0.25, 0.3) is 0 Å². The number of hydrogen-bond acceptors (Lipinski definition) is 3. The van der Waals surface area contributed by atoms with E-state index in [2.05, 4.69) is 0 Å². The Morgan fingerprint density at radius 1 is 0.947 bits per heavy atom. The summed E-state index contributed by atoms with van der Waals surface area (Å²) >= 11 is 0. The second-order valence-electron chi connectivity index (χ2n) is 4.44. The predicted molar refractivity (Wildman–Crippen MR) is 76.6 cm³/mol. The van der Waals surface area contributed by atoms with E-state index in [1.54, 1.807) is 14.2 Å². The van der Waals surface area contributed by atoms with Crippen LogP contribution in [0.5, 0.6) is 11.5 Å². The summed E-state index contributed by atoms with van der Waals surface area (Å²) in [5.74, 6) is 1.70. The molecule has 0 amide bonds. The highest BCUT2D eigenvalue weighted by Gasteiger charge is 2.08. The molecule has 2 rings (SSSR count). The Balaban J connectivity index is 2.08. The van der Waals surface area contributed by atoms with E-state index in [1.807, 2.05) is 48.5 Å². The summed E-state index contributed by atoms with van der Waals surface area (Å²) in [5.41, 5.74) is 8.50. The fourth-order valence-electron chi connectivity index (χ4n) is 2.01. The first-order chi connectivity index (χ1) is 9.22. The first-order valence-corrected chi connectivity index (χ1v) is 6.25. The minimum atomic E-state index is -0.0384. The van der Waals surface area contributed by atoms with E-state index in [4.69, 9.17) is 15.2 Å². The Morgan fingerprint density at radius 3 is 2.26 bits per heavy atom. The summed E-state index contributed by atoms with van der Waals surface area (Å²) in [4.78, 5) is 0. The van der Waals surface area contributed by atoms with Gasteiger partial charge in [0.25, 0.3) is 0 Å². The lowest BCUT2D eigenvalue weighted by Gasteiger charge is -2.13. The standard InChI is InChI=1S/C16H19NO2/c1-18-14-8-6-12(7-9-14)10-16(17)13-4-3-5-15(11-13)19-2/h3-9,11,16H,10,17H2,1-2H3/t16-/m1/s1. The number of methoxy groups -OCH3 is 2. The van der Waals surface area contributed by atoms with Crippen molar-refractivity contribution in [3.8, 4) is 11.5 Å². The fraction of sp³-hybridized carbons (Fsp3) is 0.250. The van der Waals surface area contributed by atoms with Crippen LogP contribution in [-0.4, -0.2) is 14.2 Å². The summed E-state index contributed by atoms with van der Waals surface area (Å²) in [6, 6.07) is 15.8. The van der Waals surface area contributed by atoms with Gasteiger partial charge >= 0.3 is 0 Å². The van der Waals surface area contributed by atoms with Crippen molar-refractivity contribution < 1.29 is 9.47 Å². The summed E-state index contributed by atoms with van der Waals surface area (Å²) in [5, 5.41) is 0. The monoisotopic (exact) mass is 257 g/mol. The molecule has 19 heavy (non-hydrogen) atoms. The Labute approximate surface area is 114 Å². The molecule has 3 heteroatoms. The third kappa shape index (κ3) is 3.48. The average molecular weight is 257 g/mol. The second kappa shape index (κ2) is 6.25. The lowest BCUT2D eigenvalue weighted by molar-refractivity contribution is 0.413. The maximum Gasteiger partial charge on any atom is 0.119 e. The van der Waals surface area contributed by atoms with E-state index in [0.717, 1.165) is 23.5 Å². The van der Waals surface area contributed by atoms with Crippen LogP contribution in [0.15, 0.2) is 48.5 Å². The smallest absolute Gasteiger partial charge is 0.119 e. The third-order valence-corrected chi connectivity index (χ3v) is 3.14. The summed E-state index contributed by atoms with van der Waals surface area (Å²) in [7, 11) is 3.32. The highest BCUT2D eigenvalue weighted by Crippen LogP contribution is 2.21. The van der Waals surface area contributed by atoms with Gasteiger partial charge in [0.05, 0.1) is 14.2 Å². The SMILES string of the molecule is COc1ccc(C[C@@H](N)c2cccc(OC)c2)cc1. The van der Waals surface area contributed by atoms with Crippen LogP contribution in [0.3, 0.4) is 0 Å². The molecule has 0 aliphatic heterocycles. The van der Waals surface area contributed by atoms with Crippen LogP contribution < -0.4 is 15.2 Å². The van der Waals surface area contributed by atoms with Gasteiger partial charge in [-0.15, -0.1) is 0 Å². The van der Waals surface area contributed by atoms with Crippen LogP contribution in [0.2, 0.25) is 0 Å².